The van der Waals surface area contributed by atoms with E-state index in [9.17, 15) is 9.59 Å². The topological polar surface area (TPSA) is 78.2 Å². The molecule has 0 aliphatic heterocycles. The molecule has 7 heteroatoms. The minimum atomic E-state index is -0.268. The Labute approximate surface area is 198 Å². The van der Waals surface area contributed by atoms with Crippen molar-refractivity contribution in [3.63, 3.8) is 0 Å². The predicted octanol–water partition coefficient (Wildman–Crippen LogP) is 4.44. The maximum atomic E-state index is 13.7. The third-order valence-electron chi connectivity index (χ3n) is 7.49. The number of benzene rings is 2. The van der Waals surface area contributed by atoms with Gasteiger partial charge in [0.2, 0.25) is 0 Å². The molecule has 1 N–H and O–H groups in total. The van der Waals surface area contributed by atoms with Gasteiger partial charge in [-0.3, -0.25) is 9.59 Å². The van der Waals surface area contributed by atoms with Crippen molar-refractivity contribution >= 4 is 27.7 Å². The molecule has 0 saturated heterocycles. The van der Waals surface area contributed by atoms with Crippen LogP contribution in [0.1, 0.15) is 43.6 Å². The maximum Gasteiger partial charge on any atom is 0.296 e. The second-order valence-electron chi connectivity index (χ2n) is 9.41. The Bertz CT molecular complexity index is 1430. The van der Waals surface area contributed by atoms with Gasteiger partial charge in [0.25, 0.3) is 11.5 Å². The van der Waals surface area contributed by atoms with Gasteiger partial charge in [-0.05, 0) is 48.6 Å². The first-order valence-corrected chi connectivity index (χ1v) is 11.9. The lowest BCUT2D eigenvalue weighted by molar-refractivity contribution is 0.0886. The zero-order chi connectivity index (χ0) is 24.0. The van der Waals surface area contributed by atoms with Crippen LogP contribution in [0, 0.1) is 11.8 Å². The smallest absolute Gasteiger partial charge is 0.296 e. The first-order valence-electron chi connectivity index (χ1n) is 11.9. The van der Waals surface area contributed by atoms with Gasteiger partial charge in [0.1, 0.15) is 11.3 Å². The van der Waals surface area contributed by atoms with Crippen LogP contribution in [0.5, 0.6) is 5.75 Å². The van der Waals surface area contributed by atoms with Gasteiger partial charge >= 0.3 is 0 Å². The molecule has 0 radical (unpaired) electrons. The molecule has 0 spiro atoms. The summed E-state index contributed by atoms with van der Waals surface area (Å²) >= 11 is 0. The highest BCUT2D eigenvalue weighted by atomic mass is 16.5. The first-order chi connectivity index (χ1) is 16.4. The lowest BCUT2D eigenvalue weighted by atomic mass is 9.78. The molecule has 0 bridgehead atoms. The molecule has 3 atom stereocenters. The van der Waals surface area contributed by atoms with Crippen LogP contribution in [0.3, 0.4) is 0 Å². The van der Waals surface area contributed by atoms with E-state index in [1.54, 1.807) is 31.4 Å². The molecule has 4 aromatic rings. The van der Waals surface area contributed by atoms with Crippen LogP contribution >= 0.6 is 0 Å². The van der Waals surface area contributed by atoms with E-state index in [2.05, 4.69) is 24.3 Å². The molecule has 2 aromatic carbocycles. The van der Waals surface area contributed by atoms with E-state index in [1.807, 2.05) is 35.9 Å². The van der Waals surface area contributed by atoms with Crippen LogP contribution in [0.2, 0.25) is 0 Å². The normalized spacial score (nSPS) is 20.5. The van der Waals surface area contributed by atoms with Crippen LogP contribution in [0.25, 0.3) is 27.5 Å². The number of hydrogen-bond acceptors (Lipinski definition) is 4. The summed E-state index contributed by atoms with van der Waals surface area (Å²) in [5.74, 6) is 1.38. The number of carbonyl (C=O) groups excluding carboxylic acids is 1. The van der Waals surface area contributed by atoms with E-state index in [4.69, 9.17) is 4.74 Å². The first kappa shape index (κ1) is 22.2. The Morgan fingerprint density at radius 2 is 1.82 bits per heavy atom. The van der Waals surface area contributed by atoms with Crippen molar-refractivity contribution in [1.29, 1.82) is 0 Å². The minimum absolute atomic E-state index is 0.0874. The van der Waals surface area contributed by atoms with E-state index in [0.717, 1.165) is 23.7 Å². The number of fused-ring (bicyclic) bond motifs is 3. The van der Waals surface area contributed by atoms with Gasteiger partial charge in [0.05, 0.1) is 12.8 Å². The summed E-state index contributed by atoms with van der Waals surface area (Å²) < 4.78 is 8.43. The van der Waals surface area contributed by atoms with Gasteiger partial charge in [0, 0.05) is 29.4 Å². The van der Waals surface area contributed by atoms with Crippen molar-refractivity contribution < 1.29 is 9.53 Å². The van der Waals surface area contributed by atoms with E-state index in [0.29, 0.717) is 34.2 Å². The van der Waals surface area contributed by atoms with Crippen molar-refractivity contribution in [2.24, 2.45) is 18.9 Å². The highest BCUT2D eigenvalue weighted by Crippen LogP contribution is 2.31. The van der Waals surface area contributed by atoms with E-state index < -0.39 is 0 Å². The number of carbonyl (C=O) groups is 1. The lowest BCUT2D eigenvalue weighted by Crippen LogP contribution is -2.44. The molecule has 1 saturated carbocycles. The van der Waals surface area contributed by atoms with Gasteiger partial charge < -0.3 is 14.6 Å². The van der Waals surface area contributed by atoms with Crippen molar-refractivity contribution in [1.82, 2.24) is 19.7 Å². The van der Waals surface area contributed by atoms with Crippen molar-refractivity contribution in [3.8, 4) is 11.4 Å². The number of para-hydroxylation sites is 1. The zero-order valence-corrected chi connectivity index (χ0v) is 20.0. The third-order valence-corrected chi connectivity index (χ3v) is 7.49. The van der Waals surface area contributed by atoms with E-state index in [1.165, 1.54) is 11.1 Å². The molecule has 1 aliphatic rings. The highest BCUT2D eigenvalue weighted by molar-refractivity contribution is 6.16. The van der Waals surface area contributed by atoms with Crippen molar-refractivity contribution in [2.45, 2.75) is 39.2 Å². The van der Waals surface area contributed by atoms with Gasteiger partial charge in [-0.2, -0.15) is 9.78 Å². The van der Waals surface area contributed by atoms with Crippen LogP contribution in [-0.2, 0) is 7.05 Å². The monoisotopic (exact) mass is 458 g/mol. The molecular formula is C27H30N4O3. The molecule has 176 valence electrons. The zero-order valence-electron chi connectivity index (χ0n) is 20.0. The standard InChI is InChI=1S/C27H30N4O3/c1-16-8-7-10-21(17(16)2)28-26(32)24-23-20-9-5-6-11-22(20)30(3)25(23)27(33)31(29-24)18-12-14-19(34-4)15-13-18/h5-6,9,11-17,21H,7-8,10H2,1-4H3,(H,28,32)/t16-,17+,21-/m1/s1. The van der Waals surface area contributed by atoms with Gasteiger partial charge in [-0.25, -0.2) is 0 Å². The number of amides is 1. The maximum absolute atomic E-state index is 13.7. The molecule has 2 heterocycles. The number of aromatic nitrogens is 3. The van der Waals surface area contributed by atoms with Gasteiger partial charge in [-0.15, -0.1) is 0 Å². The Morgan fingerprint density at radius 3 is 2.56 bits per heavy atom. The molecule has 7 nitrogen and oxygen atoms in total. The Hall–Kier alpha value is -3.61. The Morgan fingerprint density at radius 1 is 1.09 bits per heavy atom. The molecule has 1 fully saturated rings. The number of rotatable bonds is 4. The summed E-state index contributed by atoms with van der Waals surface area (Å²) in [6.07, 6.45) is 3.23. The molecule has 1 aliphatic carbocycles. The van der Waals surface area contributed by atoms with Gasteiger partial charge in [0.15, 0.2) is 5.69 Å². The average molecular weight is 459 g/mol. The summed E-state index contributed by atoms with van der Waals surface area (Å²) in [5.41, 5.74) is 1.93. The summed E-state index contributed by atoms with van der Waals surface area (Å²) in [6.45, 7) is 4.45. The molecule has 1 amide bonds. The lowest BCUT2D eigenvalue weighted by Gasteiger charge is -2.34. The van der Waals surface area contributed by atoms with Crippen LogP contribution < -0.4 is 15.6 Å². The summed E-state index contributed by atoms with van der Waals surface area (Å²) in [5, 5.41) is 9.34. The minimum Gasteiger partial charge on any atom is -0.497 e. The van der Waals surface area contributed by atoms with E-state index >= 15 is 0 Å². The van der Waals surface area contributed by atoms with Crippen molar-refractivity contribution in [3.05, 3.63) is 64.6 Å². The number of hydrogen-bond donors (Lipinski definition) is 1. The van der Waals surface area contributed by atoms with Gasteiger partial charge in [-0.1, -0.05) is 44.9 Å². The SMILES string of the molecule is COc1ccc(-n2nc(C(=O)N[C@@H]3CCC[C@@H](C)[C@@H]3C)c3c4ccccc4n(C)c3c2=O)cc1. The fourth-order valence-corrected chi connectivity index (χ4v) is 5.26. The van der Waals surface area contributed by atoms with Crippen molar-refractivity contribution in [2.75, 3.05) is 7.11 Å². The van der Waals surface area contributed by atoms with Crippen LogP contribution in [0.15, 0.2) is 53.3 Å². The summed E-state index contributed by atoms with van der Waals surface area (Å²) in [4.78, 5) is 27.4. The summed E-state index contributed by atoms with van der Waals surface area (Å²) in [7, 11) is 3.45. The molecule has 34 heavy (non-hydrogen) atoms. The number of nitrogens with zero attached hydrogens (tertiary/aromatic N) is 3. The second-order valence-corrected chi connectivity index (χ2v) is 9.41. The highest BCUT2D eigenvalue weighted by Gasteiger charge is 2.30. The fourth-order valence-electron chi connectivity index (χ4n) is 5.26. The molecule has 2 aromatic heterocycles. The summed E-state index contributed by atoms with van der Waals surface area (Å²) in [6, 6.07) is 14.9. The quantitative estimate of drug-likeness (QED) is 0.490. The number of methoxy groups -OCH3 is 1. The molecular weight excluding hydrogens is 428 g/mol. The number of nitrogens with one attached hydrogen (secondary N) is 1. The predicted molar refractivity (Wildman–Crippen MR) is 134 cm³/mol. The Kier molecular flexibility index (Phi) is 5.63. The third kappa shape index (κ3) is 3.56. The largest absolute Gasteiger partial charge is 0.497 e. The molecule has 5 rings (SSSR count). The molecule has 0 unspecified atom stereocenters. The second kappa shape index (κ2) is 8.63. The number of ether oxygens (including phenoxy) is 1. The van der Waals surface area contributed by atoms with Crippen LogP contribution in [0.4, 0.5) is 0 Å². The number of aryl methyl sites for hydroxylation is 1. The Balaban J connectivity index is 1.72. The average Bonchev–Trinajstić information content (AvgIpc) is 3.15. The fraction of sp³-hybridized carbons (Fsp3) is 0.370. The van der Waals surface area contributed by atoms with Crippen LogP contribution in [-0.4, -0.2) is 33.4 Å². The van der Waals surface area contributed by atoms with E-state index in [-0.39, 0.29) is 23.2 Å².